The molecule has 0 spiro atoms. The summed E-state index contributed by atoms with van der Waals surface area (Å²) in [6.45, 7) is -0.140. The minimum atomic E-state index is -0.443. The molecule has 0 unspecified atom stereocenters. The third kappa shape index (κ3) is 10.7. The molecule has 462 valence electrons. The van der Waals surface area contributed by atoms with E-state index in [1.165, 1.54) is 0 Å². The van der Waals surface area contributed by atoms with Crippen molar-refractivity contribution in [1.82, 2.24) is 19.5 Å². The number of rotatable bonds is 14. The van der Waals surface area contributed by atoms with Crippen molar-refractivity contribution in [2.24, 2.45) is 0 Å². The molecular formula is C86H56BN7O4. The first-order valence-electron chi connectivity index (χ1n) is 32.5. The van der Waals surface area contributed by atoms with Gasteiger partial charge in [0, 0.05) is 61.6 Å². The number of hydrogen-bond donors (Lipinski definition) is 0. The van der Waals surface area contributed by atoms with E-state index in [0.29, 0.717) is 39.7 Å². The number of hydrogen-bond acceptors (Lipinski definition) is 10. The number of benzene rings is 13. The third-order valence-electron chi connectivity index (χ3n) is 18.5. The van der Waals surface area contributed by atoms with Gasteiger partial charge in [-0.25, -0.2) is 24.5 Å². The van der Waals surface area contributed by atoms with Gasteiger partial charge in [0.2, 0.25) is 0 Å². The maximum absolute atomic E-state index is 14.4. The second-order valence-electron chi connectivity index (χ2n) is 24.4. The average Bonchev–Trinajstić information content (AvgIpc) is 0.753. The fraction of sp³-hybridized carbons (Fsp3) is 0.0233. The molecule has 13 aromatic carbocycles. The summed E-state index contributed by atoms with van der Waals surface area (Å²) in [6.07, 6.45) is 0. The van der Waals surface area contributed by atoms with Gasteiger partial charge in [0.1, 0.15) is 13.2 Å². The summed E-state index contributed by atoms with van der Waals surface area (Å²) in [5.41, 5.74) is 20.1. The van der Waals surface area contributed by atoms with Crippen LogP contribution in [-0.4, -0.2) is 38.2 Å². The molecular weight excluding hydrogens is 1210 g/mol. The number of nitrogens with zero attached hydrogens (tertiary/aromatic N) is 7. The smallest absolute Gasteiger partial charge is 0.338 e. The lowest BCUT2D eigenvalue weighted by atomic mass is 9.33. The van der Waals surface area contributed by atoms with E-state index >= 15 is 0 Å². The summed E-state index contributed by atoms with van der Waals surface area (Å²) in [5.74, 6) is 0.536. The van der Waals surface area contributed by atoms with Crippen molar-refractivity contribution in [3.63, 3.8) is 0 Å². The van der Waals surface area contributed by atoms with E-state index in [4.69, 9.17) is 24.4 Å². The summed E-state index contributed by atoms with van der Waals surface area (Å²) in [7, 11) is 0. The summed E-state index contributed by atoms with van der Waals surface area (Å²) in [5, 5.41) is 12.6. The van der Waals surface area contributed by atoms with Crippen molar-refractivity contribution in [1.29, 1.82) is 5.26 Å². The van der Waals surface area contributed by atoms with Crippen LogP contribution >= 0.6 is 0 Å². The van der Waals surface area contributed by atoms with Crippen molar-refractivity contribution in [3.8, 4) is 68.2 Å². The normalized spacial score (nSPS) is 12.0. The van der Waals surface area contributed by atoms with Crippen LogP contribution in [0.1, 0.15) is 37.4 Å². The molecule has 0 saturated heterocycles. The van der Waals surface area contributed by atoms with Crippen molar-refractivity contribution in [3.05, 3.63) is 343 Å². The van der Waals surface area contributed by atoms with Gasteiger partial charge in [0.15, 0.2) is 17.5 Å². The lowest BCUT2D eigenvalue weighted by molar-refractivity contribution is 0.0464. The predicted octanol–water partition coefficient (Wildman–Crippen LogP) is 18.0. The van der Waals surface area contributed by atoms with Crippen LogP contribution in [0.5, 0.6) is 0 Å². The molecule has 12 heteroatoms. The molecule has 4 heterocycles. The number of carbonyl (C=O) groups is 2. The van der Waals surface area contributed by atoms with E-state index in [1.807, 2.05) is 206 Å². The Balaban J connectivity index is 0.894. The molecule has 0 fully saturated rings. The van der Waals surface area contributed by atoms with Gasteiger partial charge in [0.05, 0.1) is 39.5 Å². The molecule has 2 aliphatic rings. The van der Waals surface area contributed by atoms with Crippen molar-refractivity contribution in [2.45, 2.75) is 13.2 Å². The Hall–Kier alpha value is -13.2. The van der Waals surface area contributed by atoms with Gasteiger partial charge in [0.25, 0.3) is 6.71 Å². The highest BCUT2D eigenvalue weighted by Crippen LogP contribution is 2.48. The predicted molar refractivity (Wildman–Crippen MR) is 391 cm³/mol. The number of anilines is 6. The van der Waals surface area contributed by atoms with E-state index in [2.05, 4.69) is 130 Å². The van der Waals surface area contributed by atoms with E-state index in [0.717, 1.165) is 123 Å². The Morgan fingerprint density at radius 3 is 1.34 bits per heavy atom. The zero-order valence-electron chi connectivity index (χ0n) is 52.8. The van der Waals surface area contributed by atoms with Crippen LogP contribution in [0.2, 0.25) is 0 Å². The maximum atomic E-state index is 14.4. The Morgan fingerprint density at radius 1 is 0.367 bits per heavy atom. The fourth-order valence-electron chi connectivity index (χ4n) is 13.9. The molecule has 0 aliphatic carbocycles. The summed E-state index contributed by atoms with van der Waals surface area (Å²) in [4.78, 5) is 48.9. The van der Waals surface area contributed by atoms with Crippen LogP contribution in [-0.2, 0) is 22.7 Å². The molecule has 2 aliphatic heterocycles. The molecule has 2 aromatic heterocycles. The molecule has 15 aromatic rings. The molecule has 0 N–H and O–H groups in total. The molecule has 0 atom stereocenters. The van der Waals surface area contributed by atoms with Crippen LogP contribution in [0.15, 0.2) is 315 Å². The van der Waals surface area contributed by atoms with E-state index in [9.17, 15) is 14.9 Å². The monoisotopic (exact) mass is 1260 g/mol. The molecule has 0 radical (unpaired) electrons. The molecule has 98 heavy (non-hydrogen) atoms. The second-order valence-corrected chi connectivity index (χ2v) is 24.4. The van der Waals surface area contributed by atoms with E-state index in [-0.39, 0.29) is 19.9 Å². The second kappa shape index (κ2) is 24.9. The SMILES string of the molecule is N#Cc1ccc(-n2c3ccc(-c4cc5c6c(c4)N(c4ccccc4)c4cc(C(=O)OCc7ccccc7)ccc4B6c4ccc(C(=O)OCc6ccccc6)cc4N5c4ccccc4)cc3c3ccc(-c4ccccc4)cc32)c(-c2nc(-c3ccccc3)nc(-c3ccccc3)n2)c1. The highest BCUT2D eigenvalue weighted by atomic mass is 16.5. The minimum Gasteiger partial charge on any atom is -0.457 e. The van der Waals surface area contributed by atoms with Crippen LogP contribution in [0.4, 0.5) is 34.1 Å². The number of nitriles is 1. The number of ether oxygens (including phenoxy) is 2. The van der Waals surface area contributed by atoms with Crippen LogP contribution in [0.3, 0.4) is 0 Å². The standard InChI is InChI=1S/C86H56BN7O4/c88-53-58-36-44-75(71(46-58)84-90-82(60-28-14-4-15-29-60)89-83(91-84)61-30-16-5-17-31-61)94-74-45-40-62(47-70(74)69-41-37-63(48-76(69)94)59-26-12-3-13-27-59)66-51-79-81-80(52-66)93(68-34-20-7-21-35-68)78-50-65(86(96)98-55-57-24-10-2-11-25-57)39-43-73(78)87(81)72-42-38-64(85(95)97-54-56-22-8-1-9-23-56)49-77(72)92(79)67-32-18-6-19-33-67/h1-52H,54-55H2. The van der Waals surface area contributed by atoms with Gasteiger partial charge in [-0.05, 0) is 147 Å². The molecule has 0 bridgehead atoms. The Kier molecular flexibility index (Phi) is 14.9. The third-order valence-corrected chi connectivity index (χ3v) is 18.5. The highest BCUT2D eigenvalue weighted by molar-refractivity contribution is 7.00. The zero-order valence-corrected chi connectivity index (χ0v) is 52.8. The van der Waals surface area contributed by atoms with Gasteiger partial charge in [-0.1, -0.05) is 218 Å². The van der Waals surface area contributed by atoms with Gasteiger partial charge in [-0.15, -0.1) is 0 Å². The maximum Gasteiger partial charge on any atom is 0.338 e. The summed E-state index contributed by atoms with van der Waals surface area (Å²) in [6, 6.07) is 108. The average molecular weight is 1260 g/mol. The van der Waals surface area contributed by atoms with E-state index < -0.39 is 11.9 Å². The Morgan fingerprint density at radius 2 is 0.827 bits per heavy atom. The highest BCUT2D eigenvalue weighted by Gasteiger charge is 2.44. The van der Waals surface area contributed by atoms with Gasteiger partial charge in [-0.3, -0.25) is 0 Å². The van der Waals surface area contributed by atoms with Gasteiger partial charge < -0.3 is 23.8 Å². The van der Waals surface area contributed by atoms with E-state index in [1.54, 1.807) is 0 Å². The molecule has 0 saturated carbocycles. The summed E-state index contributed by atoms with van der Waals surface area (Å²) < 4.78 is 14.4. The topological polar surface area (TPSA) is 126 Å². The fourth-order valence-corrected chi connectivity index (χ4v) is 13.9. The number of aromatic nitrogens is 4. The number of fused-ring (bicyclic) bond motifs is 7. The quantitative estimate of drug-likeness (QED) is 0.0767. The largest absolute Gasteiger partial charge is 0.457 e. The van der Waals surface area contributed by atoms with Crippen LogP contribution < -0.4 is 26.2 Å². The minimum absolute atomic E-state index is 0.117. The first-order chi connectivity index (χ1) is 48.4. The lowest BCUT2D eigenvalue weighted by Crippen LogP contribution is -2.61. The summed E-state index contributed by atoms with van der Waals surface area (Å²) >= 11 is 0. The molecule has 11 nitrogen and oxygen atoms in total. The zero-order chi connectivity index (χ0) is 65.6. The number of para-hydroxylation sites is 2. The Labute approximate surface area is 566 Å². The van der Waals surface area contributed by atoms with Crippen molar-refractivity contribution >= 4 is 91.0 Å². The molecule has 17 rings (SSSR count). The molecule has 0 amide bonds. The van der Waals surface area contributed by atoms with Crippen molar-refractivity contribution in [2.75, 3.05) is 9.80 Å². The Bertz CT molecular complexity index is 5410. The number of carbonyl (C=O) groups excluding carboxylic acids is 2. The first kappa shape index (κ1) is 58.6. The van der Waals surface area contributed by atoms with Gasteiger partial charge >= 0.3 is 11.9 Å². The number of esters is 2. The van der Waals surface area contributed by atoms with Crippen molar-refractivity contribution < 1.29 is 19.1 Å². The van der Waals surface area contributed by atoms with Crippen LogP contribution in [0.25, 0.3) is 83.9 Å². The lowest BCUT2D eigenvalue weighted by Gasteiger charge is -2.44. The van der Waals surface area contributed by atoms with Crippen LogP contribution in [0, 0.1) is 11.3 Å². The first-order valence-corrected chi connectivity index (χ1v) is 32.5. The van der Waals surface area contributed by atoms with Gasteiger partial charge in [-0.2, -0.15) is 5.26 Å².